The number of thioether (sulfide) groups is 1. The molecule has 0 unspecified atom stereocenters. The summed E-state index contributed by atoms with van der Waals surface area (Å²) in [6.07, 6.45) is 8.50. The van der Waals surface area contributed by atoms with Gasteiger partial charge in [-0.05, 0) is 18.9 Å². The molecule has 2 N–H and O–H groups in total. The van der Waals surface area contributed by atoms with E-state index >= 15 is 0 Å². The summed E-state index contributed by atoms with van der Waals surface area (Å²) >= 11 is 1.78. The topological polar surface area (TPSA) is 46.3 Å². The van der Waals surface area contributed by atoms with Crippen LogP contribution in [0.4, 0.5) is 0 Å². The number of nitrogens with two attached hydrogens (primary N) is 1. The summed E-state index contributed by atoms with van der Waals surface area (Å²) in [5, 5.41) is 0. The zero-order chi connectivity index (χ0) is 9.68. The van der Waals surface area contributed by atoms with Crippen molar-refractivity contribution in [2.24, 2.45) is 5.73 Å². The minimum atomic E-state index is -0.321. The molecule has 0 saturated heterocycles. The molecule has 0 aliphatic carbocycles. The SMILES string of the molecule is CSCCN1C=CCC(C(N)=O)=C1. The van der Waals surface area contributed by atoms with Crippen molar-refractivity contribution >= 4 is 17.7 Å². The third kappa shape index (κ3) is 3.14. The minimum absolute atomic E-state index is 0.321. The molecule has 0 bridgehead atoms. The fourth-order valence-electron chi connectivity index (χ4n) is 1.11. The Morgan fingerprint density at radius 2 is 2.54 bits per heavy atom. The fourth-order valence-corrected chi connectivity index (χ4v) is 1.50. The van der Waals surface area contributed by atoms with Crippen molar-refractivity contribution in [3.05, 3.63) is 24.0 Å². The molecule has 0 aromatic carbocycles. The average molecular weight is 198 g/mol. The van der Waals surface area contributed by atoms with Crippen molar-refractivity contribution in [2.75, 3.05) is 18.6 Å². The number of nitrogens with zero attached hydrogens (tertiary/aromatic N) is 1. The van der Waals surface area contributed by atoms with Crippen molar-refractivity contribution in [1.29, 1.82) is 0 Å². The second kappa shape index (κ2) is 4.97. The smallest absolute Gasteiger partial charge is 0.246 e. The summed E-state index contributed by atoms with van der Waals surface area (Å²) in [6.45, 7) is 0.925. The van der Waals surface area contributed by atoms with Crippen LogP contribution < -0.4 is 5.73 Å². The van der Waals surface area contributed by atoms with E-state index in [-0.39, 0.29) is 5.91 Å². The predicted octanol–water partition coefficient (Wildman–Crippen LogP) is 0.938. The van der Waals surface area contributed by atoms with Gasteiger partial charge in [-0.3, -0.25) is 4.79 Å². The number of allylic oxidation sites excluding steroid dienone is 1. The number of hydrogen-bond donors (Lipinski definition) is 1. The van der Waals surface area contributed by atoms with E-state index < -0.39 is 0 Å². The van der Waals surface area contributed by atoms with Gasteiger partial charge >= 0.3 is 0 Å². The van der Waals surface area contributed by atoms with E-state index in [1.165, 1.54) is 0 Å². The second-order valence-corrected chi connectivity index (χ2v) is 3.82. The summed E-state index contributed by atoms with van der Waals surface area (Å²) in [6, 6.07) is 0. The van der Waals surface area contributed by atoms with Crippen LogP contribution in [-0.4, -0.2) is 29.4 Å². The zero-order valence-corrected chi connectivity index (χ0v) is 8.51. The van der Waals surface area contributed by atoms with Gasteiger partial charge in [0.1, 0.15) is 0 Å². The van der Waals surface area contributed by atoms with Gasteiger partial charge in [-0.15, -0.1) is 0 Å². The predicted molar refractivity (Wildman–Crippen MR) is 56.1 cm³/mol. The molecular weight excluding hydrogens is 184 g/mol. The minimum Gasteiger partial charge on any atom is -0.366 e. The van der Waals surface area contributed by atoms with E-state index in [1.54, 1.807) is 11.8 Å². The van der Waals surface area contributed by atoms with Gasteiger partial charge in [0, 0.05) is 24.1 Å². The molecule has 1 rings (SSSR count). The lowest BCUT2D eigenvalue weighted by Gasteiger charge is -2.19. The van der Waals surface area contributed by atoms with Crippen LogP contribution in [0.3, 0.4) is 0 Å². The highest BCUT2D eigenvalue weighted by atomic mass is 32.2. The molecule has 3 nitrogen and oxygen atoms in total. The van der Waals surface area contributed by atoms with E-state index in [1.807, 2.05) is 23.4 Å². The van der Waals surface area contributed by atoms with Crippen LogP contribution in [0.2, 0.25) is 0 Å². The van der Waals surface area contributed by atoms with E-state index in [0.29, 0.717) is 12.0 Å². The number of carbonyl (C=O) groups is 1. The zero-order valence-electron chi connectivity index (χ0n) is 7.69. The molecule has 0 radical (unpaired) electrons. The summed E-state index contributed by atoms with van der Waals surface area (Å²) < 4.78 is 0. The lowest BCUT2D eigenvalue weighted by atomic mass is 10.1. The van der Waals surface area contributed by atoms with Crippen LogP contribution in [0, 0.1) is 0 Å². The molecule has 0 spiro atoms. The van der Waals surface area contributed by atoms with E-state index in [9.17, 15) is 4.79 Å². The van der Waals surface area contributed by atoms with Gasteiger partial charge in [0.2, 0.25) is 5.91 Å². The van der Waals surface area contributed by atoms with Crippen LogP contribution in [0.15, 0.2) is 24.0 Å². The molecule has 1 aliphatic heterocycles. The number of carbonyl (C=O) groups excluding carboxylic acids is 1. The van der Waals surface area contributed by atoms with Gasteiger partial charge in [0.25, 0.3) is 0 Å². The first kappa shape index (κ1) is 10.2. The summed E-state index contributed by atoms with van der Waals surface area (Å²) in [7, 11) is 0. The number of rotatable bonds is 4. The molecule has 1 amide bonds. The molecule has 1 heterocycles. The fraction of sp³-hybridized carbons (Fsp3) is 0.444. The van der Waals surface area contributed by atoms with Crippen molar-refractivity contribution in [3.8, 4) is 0 Å². The molecular formula is C9H14N2OS. The summed E-state index contributed by atoms with van der Waals surface area (Å²) in [5.41, 5.74) is 5.87. The monoisotopic (exact) mass is 198 g/mol. The maximum Gasteiger partial charge on any atom is 0.246 e. The molecule has 0 saturated carbocycles. The highest BCUT2D eigenvalue weighted by Gasteiger charge is 2.08. The Bertz CT molecular complexity index is 248. The van der Waals surface area contributed by atoms with Crippen molar-refractivity contribution in [3.63, 3.8) is 0 Å². The Balaban J connectivity index is 2.51. The maximum absolute atomic E-state index is 10.9. The Morgan fingerprint density at radius 3 is 3.15 bits per heavy atom. The number of primary amides is 1. The van der Waals surface area contributed by atoms with Gasteiger partial charge in [0.15, 0.2) is 0 Å². The number of hydrogen-bond acceptors (Lipinski definition) is 3. The van der Waals surface area contributed by atoms with E-state index in [4.69, 9.17) is 5.73 Å². The van der Waals surface area contributed by atoms with E-state index in [0.717, 1.165) is 12.3 Å². The summed E-state index contributed by atoms with van der Waals surface area (Å²) in [4.78, 5) is 12.9. The second-order valence-electron chi connectivity index (χ2n) is 2.84. The molecule has 72 valence electrons. The van der Waals surface area contributed by atoms with Gasteiger partial charge in [-0.25, -0.2) is 0 Å². The normalized spacial score (nSPS) is 15.8. The van der Waals surface area contributed by atoms with Gasteiger partial charge in [-0.2, -0.15) is 11.8 Å². The van der Waals surface area contributed by atoms with Crippen molar-refractivity contribution in [2.45, 2.75) is 6.42 Å². The Hall–Kier alpha value is -0.900. The average Bonchev–Trinajstić information content (AvgIpc) is 2.15. The van der Waals surface area contributed by atoms with Crippen LogP contribution in [0.1, 0.15) is 6.42 Å². The molecule has 1 aliphatic rings. The van der Waals surface area contributed by atoms with Crippen molar-refractivity contribution < 1.29 is 4.79 Å². The maximum atomic E-state index is 10.9. The Labute approximate surface area is 82.7 Å². The highest BCUT2D eigenvalue weighted by Crippen LogP contribution is 2.11. The highest BCUT2D eigenvalue weighted by molar-refractivity contribution is 7.98. The molecule has 0 aromatic heterocycles. The van der Waals surface area contributed by atoms with Gasteiger partial charge in [-0.1, -0.05) is 6.08 Å². The van der Waals surface area contributed by atoms with Gasteiger partial charge < -0.3 is 10.6 Å². The molecule has 0 atom stereocenters. The standard InChI is InChI=1S/C9H14N2OS/c1-13-6-5-11-4-2-3-8(7-11)9(10)12/h2,4,7H,3,5-6H2,1H3,(H2,10,12). The Morgan fingerprint density at radius 1 is 1.77 bits per heavy atom. The third-order valence-electron chi connectivity index (χ3n) is 1.83. The lowest BCUT2D eigenvalue weighted by Crippen LogP contribution is -2.22. The molecule has 0 aromatic rings. The quantitative estimate of drug-likeness (QED) is 0.731. The first-order valence-corrected chi connectivity index (χ1v) is 5.55. The first-order chi connectivity index (χ1) is 6.24. The first-order valence-electron chi connectivity index (χ1n) is 4.16. The molecule has 0 fully saturated rings. The van der Waals surface area contributed by atoms with E-state index in [2.05, 4.69) is 6.26 Å². The lowest BCUT2D eigenvalue weighted by molar-refractivity contribution is -0.114. The van der Waals surface area contributed by atoms with Crippen LogP contribution in [-0.2, 0) is 4.79 Å². The largest absolute Gasteiger partial charge is 0.366 e. The van der Waals surface area contributed by atoms with Crippen molar-refractivity contribution in [1.82, 2.24) is 4.90 Å². The molecule has 4 heteroatoms. The van der Waals surface area contributed by atoms with Crippen LogP contribution in [0.5, 0.6) is 0 Å². The van der Waals surface area contributed by atoms with Crippen LogP contribution >= 0.6 is 11.8 Å². The van der Waals surface area contributed by atoms with Crippen LogP contribution in [0.25, 0.3) is 0 Å². The Kier molecular flexibility index (Phi) is 3.89. The molecule has 13 heavy (non-hydrogen) atoms. The number of amides is 1. The summed E-state index contributed by atoms with van der Waals surface area (Å²) in [5.74, 6) is 0.728. The van der Waals surface area contributed by atoms with Gasteiger partial charge in [0.05, 0.1) is 0 Å². The third-order valence-corrected chi connectivity index (χ3v) is 2.42.